The maximum Gasteiger partial charge on any atom is 0.411 e. The van der Waals surface area contributed by atoms with Crippen LogP contribution in [-0.2, 0) is 14.3 Å². The lowest BCUT2D eigenvalue weighted by molar-refractivity contribution is -0.117. The van der Waals surface area contributed by atoms with Gasteiger partial charge in [-0.15, -0.1) is 0 Å². The molecule has 0 aliphatic carbocycles. The molecular formula is C14H17NO4. The summed E-state index contributed by atoms with van der Waals surface area (Å²) in [4.78, 5) is 34.8. The Labute approximate surface area is 112 Å². The molecule has 0 N–H and O–H groups in total. The number of carbonyl (C=O) groups excluding carboxylic acids is 3. The van der Waals surface area contributed by atoms with Crippen LogP contribution >= 0.6 is 0 Å². The van der Waals surface area contributed by atoms with Gasteiger partial charge >= 0.3 is 6.09 Å². The third kappa shape index (κ3) is 4.96. The van der Waals surface area contributed by atoms with E-state index in [2.05, 4.69) is 11.8 Å². The molecule has 1 aliphatic rings. The van der Waals surface area contributed by atoms with Crippen LogP contribution in [0.25, 0.3) is 0 Å². The molecule has 19 heavy (non-hydrogen) atoms. The van der Waals surface area contributed by atoms with Crippen LogP contribution < -0.4 is 0 Å². The van der Waals surface area contributed by atoms with Crippen molar-refractivity contribution >= 4 is 18.2 Å². The van der Waals surface area contributed by atoms with Gasteiger partial charge < -0.3 is 4.74 Å². The summed E-state index contributed by atoms with van der Waals surface area (Å²) < 4.78 is 5.24. The molecule has 0 spiro atoms. The maximum atomic E-state index is 11.9. The van der Waals surface area contributed by atoms with Crippen LogP contribution in [0.4, 0.5) is 4.79 Å². The molecule has 0 aromatic rings. The van der Waals surface area contributed by atoms with Crippen molar-refractivity contribution in [3.8, 4) is 11.8 Å². The predicted molar refractivity (Wildman–Crippen MR) is 69.3 cm³/mol. The zero-order valence-electron chi connectivity index (χ0n) is 11.3. The number of nitrogens with zero attached hydrogens (tertiary/aromatic N) is 1. The van der Waals surface area contributed by atoms with Gasteiger partial charge in [0.2, 0.25) is 0 Å². The summed E-state index contributed by atoms with van der Waals surface area (Å²) in [5.41, 5.74) is -0.603. The van der Waals surface area contributed by atoms with E-state index in [0.29, 0.717) is 6.29 Å². The fourth-order valence-electron chi connectivity index (χ4n) is 1.65. The number of aldehydes is 1. The first-order valence-corrected chi connectivity index (χ1v) is 5.96. The molecule has 0 aromatic heterocycles. The van der Waals surface area contributed by atoms with E-state index in [9.17, 15) is 14.4 Å². The van der Waals surface area contributed by atoms with Gasteiger partial charge in [0.1, 0.15) is 5.60 Å². The number of hydrogen-bond donors (Lipinski definition) is 0. The van der Waals surface area contributed by atoms with Crippen LogP contribution in [0, 0.1) is 11.8 Å². The van der Waals surface area contributed by atoms with Crippen molar-refractivity contribution < 1.29 is 19.1 Å². The van der Waals surface area contributed by atoms with E-state index in [-0.39, 0.29) is 24.8 Å². The van der Waals surface area contributed by atoms with Gasteiger partial charge in [-0.1, -0.05) is 12.0 Å². The highest BCUT2D eigenvalue weighted by atomic mass is 16.6. The van der Waals surface area contributed by atoms with Gasteiger partial charge in [-0.25, -0.2) is 4.79 Å². The van der Waals surface area contributed by atoms with E-state index in [0.717, 1.165) is 0 Å². The average Bonchev–Trinajstić information content (AvgIpc) is 2.64. The quantitative estimate of drug-likeness (QED) is 0.529. The minimum absolute atomic E-state index is 0.0242. The Bertz CT molecular complexity index is 462. The van der Waals surface area contributed by atoms with Crippen molar-refractivity contribution in [3.05, 3.63) is 12.2 Å². The average molecular weight is 263 g/mol. The van der Waals surface area contributed by atoms with Gasteiger partial charge in [0, 0.05) is 6.42 Å². The van der Waals surface area contributed by atoms with Crippen molar-refractivity contribution in [2.75, 3.05) is 6.54 Å². The molecule has 1 unspecified atom stereocenters. The second-order valence-electron chi connectivity index (χ2n) is 5.18. The topological polar surface area (TPSA) is 63.7 Å². The zero-order valence-corrected chi connectivity index (χ0v) is 11.3. The summed E-state index contributed by atoms with van der Waals surface area (Å²) in [7, 11) is 0. The van der Waals surface area contributed by atoms with Crippen molar-refractivity contribution in [2.24, 2.45) is 0 Å². The van der Waals surface area contributed by atoms with Crippen LogP contribution in [0.3, 0.4) is 0 Å². The number of hydrogen-bond acceptors (Lipinski definition) is 4. The summed E-state index contributed by atoms with van der Waals surface area (Å²) in [5.74, 6) is 4.70. The minimum atomic E-state index is -0.603. The highest BCUT2D eigenvalue weighted by molar-refractivity contribution is 5.88. The molecule has 1 heterocycles. The molecule has 0 radical (unpaired) electrons. The Kier molecular flexibility index (Phi) is 4.87. The molecular weight excluding hydrogens is 246 g/mol. The number of ketones is 1. The number of ether oxygens (including phenoxy) is 1. The van der Waals surface area contributed by atoms with E-state index >= 15 is 0 Å². The SMILES string of the molecule is CC(C)(C)OC(=O)N1CC(=O)CC1/C=C\C#CC=O. The normalized spacial score (nSPS) is 19.2. The summed E-state index contributed by atoms with van der Waals surface area (Å²) >= 11 is 0. The van der Waals surface area contributed by atoms with Crippen molar-refractivity contribution in [1.29, 1.82) is 0 Å². The maximum absolute atomic E-state index is 11.9. The van der Waals surface area contributed by atoms with Crippen molar-refractivity contribution in [2.45, 2.75) is 38.8 Å². The Morgan fingerprint density at radius 2 is 2.11 bits per heavy atom. The molecule has 0 aromatic carbocycles. The number of allylic oxidation sites excluding steroid dienone is 1. The molecule has 1 saturated heterocycles. The van der Waals surface area contributed by atoms with Crippen LogP contribution in [0.5, 0.6) is 0 Å². The van der Waals surface area contributed by atoms with E-state index in [4.69, 9.17) is 4.74 Å². The summed E-state index contributed by atoms with van der Waals surface area (Å²) in [6.07, 6.45) is 3.31. The van der Waals surface area contributed by atoms with Crippen LogP contribution in [-0.4, -0.2) is 41.3 Å². The van der Waals surface area contributed by atoms with E-state index in [1.54, 1.807) is 26.8 Å². The first-order valence-electron chi connectivity index (χ1n) is 5.96. The van der Waals surface area contributed by atoms with Gasteiger partial charge in [0.05, 0.1) is 12.6 Å². The Morgan fingerprint density at radius 3 is 2.68 bits per heavy atom. The van der Waals surface area contributed by atoms with Gasteiger partial charge in [-0.2, -0.15) is 0 Å². The molecule has 1 rings (SSSR count). The van der Waals surface area contributed by atoms with Crippen LogP contribution in [0.1, 0.15) is 27.2 Å². The number of Topliss-reactive ketones (excluding diaryl/α,β-unsaturated/α-hetero) is 1. The fourth-order valence-corrected chi connectivity index (χ4v) is 1.65. The standard InChI is InChI=1S/C14H17NO4/c1-14(2,3)19-13(18)15-10-12(17)9-11(15)7-5-4-6-8-16/h5,7-8,11H,9-10H2,1-3H3/b7-5-. The van der Waals surface area contributed by atoms with E-state index < -0.39 is 11.7 Å². The number of carbonyl (C=O) groups is 3. The molecule has 1 atom stereocenters. The number of amides is 1. The molecule has 5 heteroatoms. The Morgan fingerprint density at radius 1 is 1.42 bits per heavy atom. The van der Waals surface area contributed by atoms with Crippen molar-refractivity contribution in [3.63, 3.8) is 0 Å². The monoisotopic (exact) mass is 263 g/mol. The summed E-state index contributed by atoms with van der Waals surface area (Å²) in [5, 5.41) is 0. The van der Waals surface area contributed by atoms with Crippen LogP contribution in [0.2, 0.25) is 0 Å². The molecule has 5 nitrogen and oxygen atoms in total. The summed E-state index contributed by atoms with van der Waals surface area (Å²) in [6.45, 7) is 5.35. The van der Waals surface area contributed by atoms with Gasteiger partial charge in [0.25, 0.3) is 0 Å². The molecule has 1 amide bonds. The minimum Gasteiger partial charge on any atom is -0.444 e. The zero-order chi connectivity index (χ0) is 14.5. The van der Waals surface area contributed by atoms with Gasteiger partial charge in [-0.3, -0.25) is 14.5 Å². The lowest BCUT2D eigenvalue weighted by Gasteiger charge is -2.26. The van der Waals surface area contributed by atoms with Crippen LogP contribution in [0.15, 0.2) is 12.2 Å². The Hall–Kier alpha value is -2.09. The summed E-state index contributed by atoms with van der Waals surface area (Å²) in [6, 6.07) is -0.358. The second-order valence-corrected chi connectivity index (χ2v) is 5.18. The van der Waals surface area contributed by atoms with Crippen molar-refractivity contribution in [1.82, 2.24) is 4.90 Å². The van der Waals surface area contributed by atoms with Gasteiger partial charge in [0.15, 0.2) is 12.1 Å². The smallest absolute Gasteiger partial charge is 0.411 e. The first-order chi connectivity index (χ1) is 8.83. The molecule has 1 fully saturated rings. The van der Waals surface area contributed by atoms with Gasteiger partial charge in [-0.05, 0) is 32.8 Å². The molecule has 102 valence electrons. The number of likely N-dealkylation sites (tertiary alicyclic amines) is 1. The third-order valence-electron chi connectivity index (χ3n) is 2.36. The Balaban J connectivity index is 2.74. The lowest BCUT2D eigenvalue weighted by atomic mass is 10.2. The van der Waals surface area contributed by atoms with E-state index in [1.165, 1.54) is 11.0 Å². The third-order valence-corrected chi connectivity index (χ3v) is 2.36. The number of rotatable bonds is 1. The highest BCUT2D eigenvalue weighted by Crippen LogP contribution is 2.19. The highest BCUT2D eigenvalue weighted by Gasteiger charge is 2.34. The second kappa shape index (κ2) is 6.19. The van der Waals surface area contributed by atoms with E-state index in [1.807, 2.05) is 0 Å². The lowest BCUT2D eigenvalue weighted by Crippen LogP contribution is -2.39. The predicted octanol–water partition coefficient (Wildman–Crippen LogP) is 1.32. The molecule has 0 saturated carbocycles. The fraction of sp³-hybridized carbons (Fsp3) is 0.500. The first kappa shape index (κ1) is 15.0. The molecule has 1 aliphatic heterocycles. The molecule has 0 bridgehead atoms. The largest absolute Gasteiger partial charge is 0.444 e.